The average Bonchev–Trinajstić information content (AvgIpc) is 3.26. The smallest absolute Gasteiger partial charge is 0.314 e. The molecule has 4 nitrogen and oxygen atoms in total. The Morgan fingerprint density at radius 2 is 2.00 bits per heavy atom. The first-order chi connectivity index (χ1) is 9.25. The molecule has 0 heterocycles. The van der Waals surface area contributed by atoms with E-state index >= 15 is 0 Å². The van der Waals surface area contributed by atoms with E-state index in [0.717, 1.165) is 25.4 Å². The molecule has 0 unspecified atom stereocenters. The van der Waals surface area contributed by atoms with Gasteiger partial charge in [-0.15, -0.1) is 0 Å². The van der Waals surface area contributed by atoms with Crippen LogP contribution in [-0.4, -0.2) is 32.7 Å². The number of anilines is 1. The van der Waals surface area contributed by atoms with Crippen LogP contribution in [0.25, 0.3) is 0 Å². The van der Waals surface area contributed by atoms with Crippen LogP contribution in [0.4, 0.5) is 10.5 Å². The summed E-state index contributed by atoms with van der Waals surface area (Å²) < 4.78 is 0. The van der Waals surface area contributed by atoms with E-state index in [4.69, 9.17) is 0 Å². The van der Waals surface area contributed by atoms with Crippen LogP contribution in [0, 0.1) is 5.92 Å². The van der Waals surface area contributed by atoms with Crippen molar-refractivity contribution in [3.8, 4) is 0 Å². The summed E-state index contributed by atoms with van der Waals surface area (Å²) in [5, 5.41) is 5.80. The molecule has 4 heteroatoms. The van der Waals surface area contributed by atoms with E-state index in [1.165, 1.54) is 18.5 Å². The summed E-state index contributed by atoms with van der Waals surface area (Å²) in [4.78, 5) is 13.7. The third kappa shape index (κ3) is 5.20. The molecule has 0 atom stereocenters. The molecule has 1 aliphatic rings. The summed E-state index contributed by atoms with van der Waals surface area (Å²) in [7, 11) is 2.07. The van der Waals surface area contributed by atoms with E-state index < -0.39 is 0 Å². The predicted molar refractivity (Wildman–Crippen MR) is 78.5 cm³/mol. The lowest BCUT2D eigenvalue weighted by Gasteiger charge is -2.19. The molecular weight excluding hydrogens is 238 g/mol. The number of carbonyl (C=O) groups excluding carboxylic acids is 1. The number of urea groups is 1. The molecule has 0 aliphatic heterocycles. The third-order valence-corrected chi connectivity index (χ3v) is 3.40. The summed E-state index contributed by atoms with van der Waals surface area (Å²) in [5.41, 5.74) is 1.21. The maximum absolute atomic E-state index is 11.5. The van der Waals surface area contributed by atoms with Gasteiger partial charge in [-0.2, -0.15) is 0 Å². The fraction of sp³-hybridized carbons (Fsp3) is 0.533. The Morgan fingerprint density at radius 1 is 1.26 bits per heavy atom. The van der Waals surface area contributed by atoms with Crippen molar-refractivity contribution in [3.05, 3.63) is 30.3 Å². The van der Waals surface area contributed by atoms with E-state index in [2.05, 4.69) is 34.7 Å². The van der Waals surface area contributed by atoms with Gasteiger partial charge in [0.25, 0.3) is 0 Å². The van der Waals surface area contributed by atoms with Gasteiger partial charge in [0, 0.05) is 32.4 Å². The Labute approximate surface area is 115 Å². The molecule has 104 valence electrons. The second-order valence-electron chi connectivity index (χ2n) is 5.19. The van der Waals surface area contributed by atoms with Crippen molar-refractivity contribution in [3.63, 3.8) is 0 Å². The number of nitrogens with one attached hydrogen (secondary N) is 2. The minimum absolute atomic E-state index is 0.0331. The van der Waals surface area contributed by atoms with Gasteiger partial charge in [-0.05, 0) is 37.3 Å². The van der Waals surface area contributed by atoms with E-state index in [-0.39, 0.29) is 6.03 Å². The normalized spacial score (nSPS) is 13.9. The molecular formula is C15H23N3O. The number of amides is 2. The van der Waals surface area contributed by atoms with Gasteiger partial charge >= 0.3 is 6.03 Å². The zero-order chi connectivity index (χ0) is 13.5. The number of para-hydroxylation sites is 1. The third-order valence-electron chi connectivity index (χ3n) is 3.40. The van der Waals surface area contributed by atoms with Crippen LogP contribution in [0.1, 0.15) is 19.3 Å². The van der Waals surface area contributed by atoms with Crippen molar-refractivity contribution in [2.45, 2.75) is 19.3 Å². The first kappa shape index (κ1) is 13.7. The van der Waals surface area contributed by atoms with Crippen LogP contribution in [0.2, 0.25) is 0 Å². The molecule has 1 aliphatic carbocycles. The Morgan fingerprint density at radius 3 is 2.68 bits per heavy atom. The number of carbonyl (C=O) groups is 1. The molecule has 0 spiro atoms. The van der Waals surface area contributed by atoms with Crippen LogP contribution in [0.15, 0.2) is 30.3 Å². The average molecular weight is 261 g/mol. The standard InChI is InChI=1S/C15H23N3O/c1-18(14-6-3-2-4-7-14)11-5-10-16-15(19)17-12-13-8-9-13/h2-4,6-7,13H,5,8-12H2,1H3,(H2,16,17,19). The number of rotatable bonds is 7. The van der Waals surface area contributed by atoms with Gasteiger partial charge in [-0.25, -0.2) is 4.79 Å². The van der Waals surface area contributed by atoms with Gasteiger partial charge in [0.05, 0.1) is 0 Å². The highest BCUT2D eigenvalue weighted by atomic mass is 16.2. The zero-order valence-corrected chi connectivity index (χ0v) is 11.6. The van der Waals surface area contributed by atoms with E-state index in [1.807, 2.05) is 18.2 Å². The Bertz CT molecular complexity index is 390. The van der Waals surface area contributed by atoms with E-state index in [0.29, 0.717) is 6.54 Å². The summed E-state index contributed by atoms with van der Waals surface area (Å²) in [6, 6.07) is 10.2. The second-order valence-corrected chi connectivity index (χ2v) is 5.19. The van der Waals surface area contributed by atoms with Crippen LogP contribution in [0.3, 0.4) is 0 Å². The molecule has 0 saturated heterocycles. The fourth-order valence-electron chi connectivity index (χ4n) is 1.95. The highest BCUT2D eigenvalue weighted by molar-refractivity contribution is 5.73. The SMILES string of the molecule is CN(CCCNC(=O)NCC1CC1)c1ccccc1. The van der Waals surface area contributed by atoms with Crippen LogP contribution in [-0.2, 0) is 0 Å². The molecule has 0 aromatic heterocycles. The molecule has 1 fully saturated rings. The summed E-state index contributed by atoms with van der Waals surface area (Å²) >= 11 is 0. The van der Waals surface area contributed by atoms with Crippen molar-refractivity contribution in [2.75, 3.05) is 31.6 Å². The Balaban J connectivity index is 1.54. The molecule has 2 amide bonds. The minimum Gasteiger partial charge on any atom is -0.375 e. The van der Waals surface area contributed by atoms with Crippen LogP contribution >= 0.6 is 0 Å². The lowest BCUT2D eigenvalue weighted by molar-refractivity contribution is 0.240. The molecule has 0 radical (unpaired) electrons. The molecule has 1 saturated carbocycles. The topological polar surface area (TPSA) is 44.4 Å². The second kappa shape index (κ2) is 7.02. The monoisotopic (exact) mass is 261 g/mol. The quantitative estimate of drug-likeness (QED) is 0.739. The molecule has 0 bridgehead atoms. The lowest BCUT2D eigenvalue weighted by atomic mass is 10.3. The van der Waals surface area contributed by atoms with Crippen molar-refractivity contribution in [2.24, 2.45) is 5.92 Å². The summed E-state index contributed by atoms with van der Waals surface area (Å²) in [6.07, 6.45) is 3.48. The van der Waals surface area contributed by atoms with Gasteiger partial charge in [0.1, 0.15) is 0 Å². The number of hydrogen-bond donors (Lipinski definition) is 2. The van der Waals surface area contributed by atoms with E-state index in [1.54, 1.807) is 0 Å². The van der Waals surface area contributed by atoms with Crippen molar-refractivity contribution >= 4 is 11.7 Å². The molecule has 19 heavy (non-hydrogen) atoms. The van der Waals surface area contributed by atoms with Gasteiger partial charge in [0.15, 0.2) is 0 Å². The first-order valence-electron chi connectivity index (χ1n) is 7.03. The number of nitrogens with zero attached hydrogens (tertiary/aromatic N) is 1. The minimum atomic E-state index is -0.0331. The maximum Gasteiger partial charge on any atom is 0.314 e. The van der Waals surface area contributed by atoms with Crippen molar-refractivity contribution < 1.29 is 4.79 Å². The van der Waals surface area contributed by atoms with Gasteiger partial charge in [0.2, 0.25) is 0 Å². The Kier molecular flexibility index (Phi) is 5.07. The largest absolute Gasteiger partial charge is 0.375 e. The van der Waals surface area contributed by atoms with Gasteiger partial charge in [-0.3, -0.25) is 0 Å². The van der Waals surface area contributed by atoms with E-state index in [9.17, 15) is 4.79 Å². The number of benzene rings is 1. The van der Waals surface area contributed by atoms with Crippen LogP contribution in [0.5, 0.6) is 0 Å². The lowest BCUT2D eigenvalue weighted by Crippen LogP contribution is -2.37. The van der Waals surface area contributed by atoms with Crippen molar-refractivity contribution in [1.29, 1.82) is 0 Å². The highest BCUT2D eigenvalue weighted by Gasteiger charge is 2.21. The summed E-state index contributed by atoms with van der Waals surface area (Å²) in [5.74, 6) is 0.731. The zero-order valence-electron chi connectivity index (χ0n) is 11.6. The molecule has 1 aromatic rings. The molecule has 2 N–H and O–H groups in total. The van der Waals surface area contributed by atoms with Gasteiger partial charge < -0.3 is 15.5 Å². The highest BCUT2D eigenvalue weighted by Crippen LogP contribution is 2.27. The van der Waals surface area contributed by atoms with Crippen LogP contribution < -0.4 is 15.5 Å². The molecule has 1 aromatic carbocycles. The first-order valence-corrected chi connectivity index (χ1v) is 7.03. The number of hydrogen-bond acceptors (Lipinski definition) is 2. The Hall–Kier alpha value is -1.71. The van der Waals surface area contributed by atoms with Crippen molar-refractivity contribution in [1.82, 2.24) is 10.6 Å². The fourth-order valence-corrected chi connectivity index (χ4v) is 1.95. The predicted octanol–water partition coefficient (Wildman–Crippen LogP) is 2.22. The summed E-state index contributed by atoms with van der Waals surface area (Å²) in [6.45, 7) is 2.48. The molecule has 2 rings (SSSR count). The van der Waals surface area contributed by atoms with Gasteiger partial charge in [-0.1, -0.05) is 18.2 Å². The maximum atomic E-state index is 11.5.